The van der Waals surface area contributed by atoms with Gasteiger partial charge in [0.05, 0.1) is 0 Å². The number of benzene rings is 3. The Kier molecular flexibility index (Phi) is 5.07. The molecule has 0 aliphatic carbocycles. The van der Waals surface area contributed by atoms with Gasteiger partial charge in [-0.15, -0.1) is 5.10 Å². The third-order valence-corrected chi connectivity index (χ3v) is 4.21. The molecule has 6 heteroatoms. The van der Waals surface area contributed by atoms with Crippen molar-refractivity contribution in [2.24, 2.45) is 0 Å². The molecule has 0 unspecified atom stereocenters. The molecule has 0 bridgehead atoms. The average molecular weight is 385 g/mol. The fourth-order valence-electron chi connectivity index (χ4n) is 2.96. The Bertz CT molecular complexity index is 1120. The first kappa shape index (κ1) is 18.4. The topological polar surface area (TPSA) is 77.2 Å². The zero-order valence-corrected chi connectivity index (χ0v) is 16.0. The second kappa shape index (κ2) is 7.98. The fourth-order valence-corrected chi connectivity index (χ4v) is 2.96. The van der Waals surface area contributed by atoms with Gasteiger partial charge in [0.15, 0.2) is 0 Å². The van der Waals surface area contributed by atoms with E-state index >= 15 is 0 Å². The molecule has 3 aromatic carbocycles. The summed E-state index contributed by atoms with van der Waals surface area (Å²) in [7, 11) is 0. The van der Waals surface area contributed by atoms with E-state index in [4.69, 9.17) is 9.15 Å². The zero-order chi connectivity index (χ0) is 20.2. The van der Waals surface area contributed by atoms with E-state index in [1.807, 2.05) is 56.3 Å². The Morgan fingerprint density at radius 1 is 0.862 bits per heavy atom. The van der Waals surface area contributed by atoms with Gasteiger partial charge in [-0.25, -0.2) is 0 Å². The third kappa shape index (κ3) is 4.50. The lowest BCUT2D eigenvalue weighted by Crippen LogP contribution is -2.11. The normalized spacial score (nSPS) is 10.6. The van der Waals surface area contributed by atoms with Gasteiger partial charge in [0.25, 0.3) is 5.91 Å². The lowest BCUT2D eigenvalue weighted by atomic mass is 10.1. The number of para-hydroxylation sites is 1. The van der Waals surface area contributed by atoms with Crippen molar-refractivity contribution in [1.29, 1.82) is 0 Å². The van der Waals surface area contributed by atoms with Crippen LogP contribution in [0.5, 0.6) is 11.5 Å². The summed E-state index contributed by atoms with van der Waals surface area (Å²) in [5.41, 5.74) is 3.47. The highest BCUT2D eigenvalue weighted by atomic mass is 16.5. The van der Waals surface area contributed by atoms with Crippen molar-refractivity contribution in [3.63, 3.8) is 0 Å². The molecule has 1 aromatic heterocycles. The van der Waals surface area contributed by atoms with Gasteiger partial charge in [-0.1, -0.05) is 40.5 Å². The maximum absolute atomic E-state index is 12.5. The number of nitrogens with one attached hydrogen (secondary N) is 1. The number of hydrogen-bond donors (Lipinski definition) is 1. The van der Waals surface area contributed by atoms with Gasteiger partial charge in [-0.05, 0) is 62.4 Å². The number of rotatable bonds is 5. The molecule has 0 radical (unpaired) electrons. The lowest BCUT2D eigenvalue weighted by Gasteiger charge is -2.06. The molecule has 4 rings (SSSR count). The number of carbonyl (C=O) groups excluding carboxylic acids is 1. The third-order valence-electron chi connectivity index (χ3n) is 4.21. The molecular formula is C23H19N3O3. The average Bonchev–Trinajstić information content (AvgIpc) is 3.17. The van der Waals surface area contributed by atoms with E-state index in [1.165, 1.54) is 0 Å². The number of nitrogens with zero attached hydrogens (tertiary/aromatic N) is 2. The van der Waals surface area contributed by atoms with Gasteiger partial charge < -0.3 is 9.15 Å². The Balaban J connectivity index is 1.43. The maximum atomic E-state index is 12.5. The van der Waals surface area contributed by atoms with Crippen molar-refractivity contribution in [1.82, 2.24) is 10.2 Å². The summed E-state index contributed by atoms with van der Waals surface area (Å²) in [6, 6.07) is 22.3. The van der Waals surface area contributed by atoms with Crippen LogP contribution in [0, 0.1) is 13.8 Å². The Hall–Kier alpha value is -3.93. The van der Waals surface area contributed by atoms with Crippen LogP contribution in [0.15, 0.2) is 77.2 Å². The number of aryl methyl sites for hydroxylation is 2. The van der Waals surface area contributed by atoms with E-state index in [2.05, 4.69) is 21.6 Å². The van der Waals surface area contributed by atoms with Crippen LogP contribution in [0.3, 0.4) is 0 Å². The smallest absolute Gasteiger partial charge is 0.322 e. The molecule has 4 aromatic rings. The van der Waals surface area contributed by atoms with Crippen molar-refractivity contribution in [3.05, 3.63) is 89.5 Å². The molecule has 0 saturated carbocycles. The molecule has 6 nitrogen and oxygen atoms in total. The Morgan fingerprint density at radius 3 is 2.21 bits per heavy atom. The number of aromatic nitrogens is 2. The van der Waals surface area contributed by atoms with Gasteiger partial charge >= 0.3 is 6.01 Å². The predicted octanol–water partition coefficient (Wildman–Crippen LogP) is 5.40. The molecule has 29 heavy (non-hydrogen) atoms. The minimum Gasteiger partial charge on any atom is -0.457 e. The zero-order valence-electron chi connectivity index (χ0n) is 16.0. The Labute approximate surface area is 168 Å². The van der Waals surface area contributed by atoms with Crippen LogP contribution in [0.25, 0.3) is 11.5 Å². The minimum atomic E-state index is -0.341. The molecule has 0 aliphatic rings. The van der Waals surface area contributed by atoms with Crippen molar-refractivity contribution < 1.29 is 13.9 Å². The summed E-state index contributed by atoms with van der Waals surface area (Å²) in [5.74, 6) is 1.39. The van der Waals surface area contributed by atoms with Crippen LogP contribution in [0.2, 0.25) is 0 Å². The predicted molar refractivity (Wildman–Crippen MR) is 110 cm³/mol. The van der Waals surface area contributed by atoms with Gasteiger partial charge in [0, 0.05) is 11.1 Å². The quantitative estimate of drug-likeness (QED) is 0.498. The minimum absolute atomic E-state index is 0.0498. The highest BCUT2D eigenvalue weighted by Gasteiger charge is 2.13. The van der Waals surface area contributed by atoms with E-state index in [0.29, 0.717) is 17.2 Å². The Morgan fingerprint density at radius 2 is 1.52 bits per heavy atom. The number of anilines is 1. The highest BCUT2D eigenvalue weighted by Crippen LogP contribution is 2.24. The largest absolute Gasteiger partial charge is 0.457 e. The standard InChI is InChI=1S/C23H19N3O3/c1-15-12-16(2)14-18(13-15)22-25-26-23(29-22)24-21(27)17-8-10-20(11-9-17)28-19-6-4-3-5-7-19/h3-14H,1-2H3,(H,24,26,27). The second-order valence-electron chi connectivity index (χ2n) is 6.68. The monoisotopic (exact) mass is 385 g/mol. The lowest BCUT2D eigenvalue weighted by molar-refractivity contribution is 0.102. The van der Waals surface area contributed by atoms with E-state index < -0.39 is 0 Å². The first-order valence-electron chi connectivity index (χ1n) is 9.13. The van der Waals surface area contributed by atoms with Gasteiger partial charge in [0.2, 0.25) is 5.89 Å². The number of ether oxygens (including phenoxy) is 1. The van der Waals surface area contributed by atoms with Crippen LogP contribution in [0.1, 0.15) is 21.5 Å². The number of amides is 1. The molecule has 144 valence electrons. The van der Waals surface area contributed by atoms with E-state index in [1.54, 1.807) is 24.3 Å². The summed E-state index contributed by atoms with van der Waals surface area (Å²) in [4.78, 5) is 12.5. The van der Waals surface area contributed by atoms with Crippen LogP contribution in [0.4, 0.5) is 6.01 Å². The molecule has 1 N–H and O–H groups in total. The summed E-state index contributed by atoms with van der Waals surface area (Å²) < 4.78 is 11.3. The van der Waals surface area contributed by atoms with E-state index in [-0.39, 0.29) is 11.9 Å². The van der Waals surface area contributed by atoms with Crippen LogP contribution in [-0.4, -0.2) is 16.1 Å². The summed E-state index contributed by atoms with van der Waals surface area (Å²) in [6.45, 7) is 4.00. The summed E-state index contributed by atoms with van der Waals surface area (Å²) in [5, 5.41) is 10.6. The van der Waals surface area contributed by atoms with Crippen molar-refractivity contribution in [3.8, 4) is 23.0 Å². The molecular weight excluding hydrogens is 366 g/mol. The first-order chi connectivity index (χ1) is 14.1. The highest BCUT2D eigenvalue weighted by molar-refractivity contribution is 6.03. The molecule has 1 amide bonds. The van der Waals surface area contributed by atoms with Gasteiger partial charge in [-0.2, -0.15) is 0 Å². The van der Waals surface area contributed by atoms with Crippen molar-refractivity contribution in [2.75, 3.05) is 5.32 Å². The van der Waals surface area contributed by atoms with Gasteiger partial charge in [0.1, 0.15) is 11.5 Å². The van der Waals surface area contributed by atoms with Crippen LogP contribution >= 0.6 is 0 Å². The van der Waals surface area contributed by atoms with Gasteiger partial charge in [-0.3, -0.25) is 10.1 Å². The first-order valence-corrected chi connectivity index (χ1v) is 9.13. The van der Waals surface area contributed by atoms with E-state index in [0.717, 1.165) is 22.4 Å². The molecule has 0 aliphatic heterocycles. The summed E-state index contributed by atoms with van der Waals surface area (Å²) in [6.07, 6.45) is 0. The fraction of sp³-hybridized carbons (Fsp3) is 0.0870. The molecule has 0 saturated heterocycles. The van der Waals surface area contributed by atoms with E-state index in [9.17, 15) is 4.79 Å². The van der Waals surface area contributed by atoms with Crippen LogP contribution in [-0.2, 0) is 0 Å². The second-order valence-corrected chi connectivity index (χ2v) is 6.68. The molecule has 0 atom stereocenters. The van der Waals surface area contributed by atoms with Crippen molar-refractivity contribution in [2.45, 2.75) is 13.8 Å². The molecule has 0 spiro atoms. The number of hydrogen-bond acceptors (Lipinski definition) is 5. The number of carbonyl (C=O) groups is 1. The SMILES string of the molecule is Cc1cc(C)cc(-c2nnc(NC(=O)c3ccc(Oc4ccccc4)cc3)o2)c1. The van der Waals surface area contributed by atoms with Crippen LogP contribution < -0.4 is 10.1 Å². The molecule has 1 heterocycles. The van der Waals surface area contributed by atoms with Crippen molar-refractivity contribution >= 4 is 11.9 Å². The maximum Gasteiger partial charge on any atom is 0.322 e. The molecule has 0 fully saturated rings. The summed E-state index contributed by atoms with van der Waals surface area (Å²) >= 11 is 0.